The highest BCUT2D eigenvalue weighted by Gasteiger charge is 2.05. The van der Waals surface area contributed by atoms with Gasteiger partial charge in [0, 0.05) is 11.9 Å². The molecule has 0 bridgehead atoms. The van der Waals surface area contributed by atoms with E-state index in [9.17, 15) is 0 Å². The molecule has 3 heteroatoms. The molecule has 0 aliphatic carbocycles. The van der Waals surface area contributed by atoms with Gasteiger partial charge in [-0.05, 0) is 30.2 Å². The second kappa shape index (κ2) is 6.10. The predicted octanol–water partition coefficient (Wildman–Crippen LogP) is 3.41. The zero-order valence-electron chi connectivity index (χ0n) is 12.6. The van der Waals surface area contributed by atoms with Crippen molar-refractivity contribution in [3.63, 3.8) is 0 Å². The third kappa shape index (κ3) is 2.98. The number of aromatic nitrogens is 2. The standard InChI is InChI=1S/C18H21N3/c1-14(11-19-2)16-9-7-15(8-10-16)13-21-18-6-4-3-5-17(18)12-20-21/h3-10,12,14,19H,11,13H2,1-2H3. The Kier molecular flexibility index (Phi) is 4.02. The van der Waals surface area contributed by atoms with Gasteiger partial charge in [0.2, 0.25) is 0 Å². The van der Waals surface area contributed by atoms with Crippen molar-refractivity contribution in [2.75, 3.05) is 13.6 Å². The molecule has 0 saturated heterocycles. The van der Waals surface area contributed by atoms with E-state index in [-0.39, 0.29) is 0 Å². The second-order valence-corrected chi connectivity index (χ2v) is 5.56. The van der Waals surface area contributed by atoms with Gasteiger partial charge < -0.3 is 5.32 Å². The van der Waals surface area contributed by atoms with Gasteiger partial charge in [-0.2, -0.15) is 5.10 Å². The summed E-state index contributed by atoms with van der Waals surface area (Å²) in [6, 6.07) is 17.2. The first-order chi connectivity index (χ1) is 10.3. The first-order valence-corrected chi connectivity index (χ1v) is 7.42. The molecule has 0 spiro atoms. The van der Waals surface area contributed by atoms with Crippen LogP contribution in [0.1, 0.15) is 24.0 Å². The molecule has 1 aromatic heterocycles. The number of fused-ring (bicyclic) bond motifs is 1. The third-order valence-corrected chi connectivity index (χ3v) is 3.94. The van der Waals surface area contributed by atoms with Crippen molar-refractivity contribution in [3.8, 4) is 0 Å². The van der Waals surface area contributed by atoms with Gasteiger partial charge in [0.1, 0.15) is 0 Å². The van der Waals surface area contributed by atoms with Crippen LogP contribution in [0.25, 0.3) is 10.9 Å². The molecule has 3 rings (SSSR count). The Morgan fingerprint density at radius 1 is 1.10 bits per heavy atom. The highest BCUT2D eigenvalue weighted by atomic mass is 15.3. The molecular weight excluding hydrogens is 258 g/mol. The molecule has 0 fully saturated rings. The lowest BCUT2D eigenvalue weighted by Gasteiger charge is -2.12. The number of benzene rings is 2. The minimum atomic E-state index is 0.537. The molecule has 1 N–H and O–H groups in total. The fourth-order valence-corrected chi connectivity index (χ4v) is 2.70. The predicted molar refractivity (Wildman–Crippen MR) is 87.6 cm³/mol. The van der Waals surface area contributed by atoms with Crippen molar-refractivity contribution in [1.82, 2.24) is 15.1 Å². The summed E-state index contributed by atoms with van der Waals surface area (Å²) in [7, 11) is 1.99. The van der Waals surface area contributed by atoms with Crippen molar-refractivity contribution >= 4 is 10.9 Å². The van der Waals surface area contributed by atoms with Crippen LogP contribution in [0.2, 0.25) is 0 Å². The molecule has 3 nitrogen and oxygen atoms in total. The number of likely N-dealkylation sites (N-methyl/N-ethyl adjacent to an activating group) is 1. The Morgan fingerprint density at radius 3 is 2.62 bits per heavy atom. The Morgan fingerprint density at radius 2 is 1.86 bits per heavy atom. The van der Waals surface area contributed by atoms with Gasteiger partial charge >= 0.3 is 0 Å². The summed E-state index contributed by atoms with van der Waals surface area (Å²) >= 11 is 0. The van der Waals surface area contributed by atoms with Crippen LogP contribution in [0.15, 0.2) is 54.7 Å². The fourth-order valence-electron chi connectivity index (χ4n) is 2.70. The van der Waals surface area contributed by atoms with Gasteiger partial charge in [0.15, 0.2) is 0 Å². The van der Waals surface area contributed by atoms with Crippen molar-refractivity contribution in [1.29, 1.82) is 0 Å². The summed E-state index contributed by atoms with van der Waals surface area (Å²) in [6.07, 6.45) is 1.93. The lowest BCUT2D eigenvalue weighted by atomic mass is 10.00. The lowest BCUT2D eigenvalue weighted by Crippen LogP contribution is -2.14. The summed E-state index contributed by atoms with van der Waals surface area (Å²) in [5, 5.41) is 8.90. The summed E-state index contributed by atoms with van der Waals surface area (Å²) in [5.74, 6) is 0.537. The van der Waals surface area contributed by atoms with Crippen LogP contribution in [0.3, 0.4) is 0 Å². The first kappa shape index (κ1) is 13.8. The SMILES string of the molecule is CNCC(C)c1ccc(Cn2ncc3ccccc32)cc1. The maximum Gasteiger partial charge on any atom is 0.0686 e. The lowest BCUT2D eigenvalue weighted by molar-refractivity contribution is 0.676. The minimum absolute atomic E-state index is 0.537. The summed E-state index contributed by atoms with van der Waals surface area (Å²) < 4.78 is 2.06. The molecule has 1 heterocycles. The summed E-state index contributed by atoms with van der Waals surface area (Å²) in [4.78, 5) is 0. The molecule has 0 aliphatic rings. The number of nitrogens with one attached hydrogen (secondary N) is 1. The molecule has 1 unspecified atom stereocenters. The molecular formula is C18H21N3. The number of hydrogen-bond acceptors (Lipinski definition) is 2. The summed E-state index contributed by atoms with van der Waals surface area (Å²) in [6.45, 7) is 4.06. The third-order valence-electron chi connectivity index (χ3n) is 3.94. The average molecular weight is 279 g/mol. The van der Waals surface area contributed by atoms with E-state index in [2.05, 4.69) is 64.5 Å². The maximum atomic E-state index is 4.48. The van der Waals surface area contributed by atoms with E-state index in [0.717, 1.165) is 13.1 Å². The van der Waals surface area contributed by atoms with Crippen molar-refractivity contribution < 1.29 is 0 Å². The van der Waals surface area contributed by atoms with Crippen LogP contribution in [0.4, 0.5) is 0 Å². The molecule has 0 aliphatic heterocycles. The number of hydrogen-bond donors (Lipinski definition) is 1. The number of nitrogens with zero attached hydrogens (tertiary/aromatic N) is 2. The van der Waals surface area contributed by atoms with Gasteiger partial charge in [-0.15, -0.1) is 0 Å². The minimum Gasteiger partial charge on any atom is -0.319 e. The fraction of sp³-hybridized carbons (Fsp3) is 0.278. The normalized spacial score (nSPS) is 12.7. The topological polar surface area (TPSA) is 29.9 Å². The van der Waals surface area contributed by atoms with Crippen molar-refractivity contribution in [3.05, 3.63) is 65.9 Å². The number of para-hydroxylation sites is 1. The Labute approximate surface area is 125 Å². The van der Waals surface area contributed by atoms with Crippen LogP contribution in [0, 0.1) is 0 Å². The molecule has 0 amide bonds. The van der Waals surface area contributed by atoms with Crippen LogP contribution in [-0.4, -0.2) is 23.4 Å². The average Bonchev–Trinajstić information content (AvgIpc) is 2.92. The smallest absolute Gasteiger partial charge is 0.0686 e. The van der Waals surface area contributed by atoms with E-state index < -0.39 is 0 Å². The van der Waals surface area contributed by atoms with Gasteiger partial charge in [0.05, 0.1) is 18.3 Å². The molecule has 21 heavy (non-hydrogen) atoms. The maximum absolute atomic E-state index is 4.48. The highest BCUT2D eigenvalue weighted by molar-refractivity contribution is 5.78. The van der Waals surface area contributed by atoms with Gasteiger partial charge in [-0.25, -0.2) is 0 Å². The summed E-state index contributed by atoms with van der Waals surface area (Å²) in [5.41, 5.74) is 3.84. The number of rotatable bonds is 5. The highest BCUT2D eigenvalue weighted by Crippen LogP contribution is 2.17. The molecule has 3 aromatic rings. The first-order valence-electron chi connectivity index (χ1n) is 7.42. The molecule has 1 atom stereocenters. The van der Waals surface area contributed by atoms with Crippen LogP contribution >= 0.6 is 0 Å². The van der Waals surface area contributed by atoms with Crippen LogP contribution < -0.4 is 5.32 Å². The van der Waals surface area contributed by atoms with E-state index in [0.29, 0.717) is 5.92 Å². The zero-order valence-corrected chi connectivity index (χ0v) is 12.6. The monoisotopic (exact) mass is 279 g/mol. The van der Waals surface area contributed by atoms with Gasteiger partial charge in [0.25, 0.3) is 0 Å². The second-order valence-electron chi connectivity index (χ2n) is 5.56. The van der Waals surface area contributed by atoms with Gasteiger partial charge in [-0.1, -0.05) is 49.4 Å². The van der Waals surface area contributed by atoms with E-state index in [4.69, 9.17) is 0 Å². The Bertz CT molecular complexity index is 713. The van der Waals surface area contributed by atoms with E-state index >= 15 is 0 Å². The quantitative estimate of drug-likeness (QED) is 0.775. The van der Waals surface area contributed by atoms with E-state index in [1.807, 2.05) is 19.3 Å². The van der Waals surface area contributed by atoms with Crippen LogP contribution in [0.5, 0.6) is 0 Å². The van der Waals surface area contributed by atoms with E-state index in [1.54, 1.807) is 0 Å². The van der Waals surface area contributed by atoms with Crippen molar-refractivity contribution in [2.45, 2.75) is 19.4 Å². The Hall–Kier alpha value is -2.13. The van der Waals surface area contributed by atoms with Gasteiger partial charge in [-0.3, -0.25) is 4.68 Å². The molecule has 0 radical (unpaired) electrons. The van der Waals surface area contributed by atoms with Crippen molar-refractivity contribution in [2.24, 2.45) is 0 Å². The molecule has 108 valence electrons. The van der Waals surface area contributed by atoms with Crippen LogP contribution in [-0.2, 0) is 6.54 Å². The Balaban J connectivity index is 1.79. The van der Waals surface area contributed by atoms with E-state index in [1.165, 1.54) is 22.0 Å². The zero-order chi connectivity index (χ0) is 14.7. The molecule has 0 saturated carbocycles. The molecule has 2 aromatic carbocycles. The largest absolute Gasteiger partial charge is 0.319 e.